The Morgan fingerprint density at radius 1 is 1.38 bits per heavy atom. The minimum absolute atomic E-state index is 0.0815. The lowest BCUT2D eigenvalue weighted by atomic mass is 10.1. The zero-order valence-corrected chi connectivity index (χ0v) is 12.3. The first-order chi connectivity index (χ1) is 9.82. The summed E-state index contributed by atoms with van der Waals surface area (Å²) in [6, 6.07) is -0.337. The van der Waals surface area contributed by atoms with Crippen molar-refractivity contribution in [1.82, 2.24) is 15.1 Å². The molecule has 0 bridgehead atoms. The highest BCUT2D eigenvalue weighted by atomic mass is 16.4. The third kappa shape index (κ3) is 5.05. The molecule has 1 aliphatic heterocycles. The highest BCUT2D eigenvalue weighted by Crippen LogP contribution is 2.09. The van der Waals surface area contributed by atoms with Gasteiger partial charge in [0, 0.05) is 26.6 Å². The zero-order chi connectivity index (χ0) is 16.0. The van der Waals surface area contributed by atoms with Crippen LogP contribution in [0.15, 0.2) is 0 Å². The second-order valence-electron chi connectivity index (χ2n) is 5.17. The molecular formula is C13H21N3O5. The number of carboxylic acids is 1. The Morgan fingerprint density at radius 2 is 2.05 bits per heavy atom. The Morgan fingerprint density at radius 3 is 2.57 bits per heavy atom. The van der Waals surface area contributed by atoms with Gasteiger partial charge in [0.15, 0.2) is 0 Å². The van der Waals surface area contributed by atoms with E-state index in [0.717, 1.165) is 4.90 Å². The lowest BCUT2D eigenvalue weighted by Gasteiger charge is -2.13. The minimum Gasteiger partial charge on any atom is -0.481 e. The Hall–Kier alpha value is -2.12. The van der Waals surface area contributed by atoms with E-state index in [0.29, 0.717) is 19.4 Å². The molecule has 118 valence electrons. The van der Waals surface area contributed by atoms with Crippen LogP contribution in [0, 0.1) is 5.92 Å². The number of imide groups is 1. The predicted octanol–water partition coefficient (Wildman–Crippen LogP) is -0.112. The monoisotopic (exact) mass is 299 g/mol. The molecule has 1 saturated heterocycles. The standard InChI is InChI=1S/C13H21N3O5/c1-9(12(19)20)5-6-14-10(17)4-3-7-16-11(18)8-15(2)13(16)21/h9H,3-8H2,1-2H3,(H,14,17)(H,19,20). The average Bonchev–Trinajstić information content (AvgIpc) is 2.64. The van der Waals surface area contributed by atoms with Crippen LogP contribution in [0.1, 0.15) is 26.2 Å². The molecular weight excluding hydrogens is 278 g/mol. The normalized spacial score (nSPS) is 16.3. The molecule has 1 fully saturated rings. The molecule has 0 spiro atoms. The number of carbonyl (C=O) groups excluding carboxylic acids is 3. The third-order valence-corrected chi connectivity index (χ3v) is 3.34. The molecule has 0 saturated carbocycles. The summed E-state index contributed by atoms with van der Waals surface area (Å²) in [6.45, 7) is 2.19. The largest absolute Gasteiger partial charge is 0.481 e. The summed E-state index contributed by atoms with van der Waals surface area (Å²) in [7, 11) is 1.55. The Labute approximate surface area is 123 Å². The van der Waals surface area contributed by atoms with Crippen molar-refractivity contribution in [3.63, 3.8) is 0 Å². The fourth-order valence-corrected chi connectivity index (χ4v) is 1.93. The number of nitrogens with zero attached hydrogens (tertiary/aromatic N) is 2. The smallest absolute Gasteiger partial charge is 0.326 e. The lowest BCUT2D eigenvalue weighted by molar-refractivity contribution is -0.141. The number of amides is 4. The van der Waals surface area contributed by atoms with Crippen molar-refractivity contribution in [1.29, 1.82) is 0 Å². The van der Waals surface area contributed by atoms with Crippen molar-refractivity contribution in [2.24, 2.45) is 5.92 Å². The lowest BCUT2D eigenvalue weighted by Crippen LogP contribution is -2.33. The van der Waals surface area contributed by atoms with Gasteiger partial charge in [0.05, 0.1) is 5.92 Å². The molecule has 8 heteroatoms. The number of aliphatic carboxylic acids is 1. The maximum Gasteiger partial charge on any atom is 0.326 e. The first-order valence-corrected chi connectivity index (χ1v) is 6.88. The maximum atomic E-state index is 11.6. The summed E-state index contributed by atoms with van der Waals surface area (Å²) in [5.41, 5.74) is 0. The summed E-state index contributed by atoms with van der Waals surface area (Å²) in [6.07, 6.45) is 0.961. The van der Waals surface area contributed by atoms with E-state index in [4.69, 9.17) is 5.11 Å². The summed E-state index contributed by atoms with van der Waals surface area (Å²) < 4.78 is 0. The molecule has 1 heterocycles. The van der Waals surface area contributed by atoms with Crippen LogP contribution < -0.4 is 5.32 Å². The van der Waals surface area contributed by atoms with Crippen molar-refractivity contribution < 1.29 is 24.3 Å². The van der Waals surface area contributed by atoms with Crippen LogP contribution in [0.3, 0.4) is 0 Å². The van der Waals surface area contributed by atoms with Crippen molar-refractivity contribution in [3.8, 4) is 0 Å². The summed E-state index contributed by atoms with van der Waals surface area (Å²) >= 11 is 0. The van der Waals surface area contributed by atoms with E-state index in [2.05, 4.69) is 5.32 Å². The molecule has 0 aliphatic carbocycles. The summed E-state index contributed by atoms with van der Waals surface area (Å²) in [5, 5.41) is 11.3. The molecule has 0 radical (unpaired) electrons. The fraction of sp³-hybridized carbons (Fsp3) is 0.692. The SMILES string of the molecule is CC(CCNC(=O)CCCN1C(=O)CN(C)C1=O)C(=O)O. The van der Waals surface area contributed by atoms with Crippen LogP contribution in [0.25, 0.3) is 0 Å². The molecule has 2 N–H and O–H groups in total. The third-order valence-electron chi connectivity index (χ3n) is 3.34. The van der Waals surface area contributed by atoms with Gasteiger partial charge >= 0.3 is 12.0 Å². The van der Waals surface area contributed by atoms with Gasteiger partial charge < -0.3 is 15.3 Å². The Bertz CT molecular complexity index is 438. The number of hydrogen-bond acceptors (Lipinski definition) is 4. The van der Waals surface area contributed by atoms with Crippen LogP contribution in [-0.4, -0.2) is 65.4 Å². The minimum atomic E-state index is -0.889. The highest BCUT2D eigenvalue weighted by Gasteiger charge is 2.32. The zero-order valence-electron chi connectivity index (χ0n) is 12.3. The van der Waals surface area contributed by atoms with E-state index in [1.807, 2.05) is 0 Å². The number of carbonyl (C=O) groups is 4. The Kier molecular flexibility index (Phi) is 6.13. The molecule has 1 aliphatic rings. The van der Waals surface area contributed by atoms with E-state index in [1.165, 1.54) is 4.90 Å². The van der Waals surface area contributed by atoms with E-state index >= 15 is 0 Å². The van der Waals surface area contributed by atoms with Crippen molar-refractivity contribution in [3.05, 3.63) is 0 Å². The number of urea groups is 1. The van der Waals surface area contributed by atoms with Gasteiger partial charge in [-0.15, -0.1) is 0 Å². The van der Waals surface area contributed by atoms with Crippen molar-refractivity contribution >= 4 is 23.8 Å². The highest BCUT2D eigenvalue weighted by molar-refractivity contribution is 6.01. The van der Waals surface area contributed by atoms with Crippen LogP contribution in [0.5, 0.6) is 0 Å². The van der Waals surface area contributed by atoms with Crippen molar-refractivity contribution in [2.75, 3.05) is 26.7 Å². The van der Waals surface area contributed by atoms with Crippen molar-refractivity contribution in [2.45, 2.75) is 26.2 Å². The average molecular weight is 299 g/mol. The van der Waals surface area contributed by atoms with E-state index < -0.39 is 11.9 Å². The van der Waals surface area contributed by atoms with Gasteiger partial charge in [-0.05, 0) is 12.8 Å². The van der Waals surface area contributed by atoms with Gasteiger partial charge in [-0.1, -0.05) is 6.92 Å². The molecule has 1 unspecified atom stereocenters. The number of hydrogen-bond donors (Lipinski definition) is 2. The second-order valence-corrected chi connectivity index (χ2v) is 5.17. The molecule has 0 aromatic rings. The van der Waals surface area contributed by atoms with Gasteiger partial charge in [0.25, 0.3) is 0 Å². The van der Waals surface area contributed by atoms with Crippen LogP contribution in [0.2, 0.25) is 0 Å². The van der Waals surface area contributed by atoms with Crippen LogP contribution in [0.4, 0.5) is 4.79 Å². The van der Waals surface area contributed by atoms with E-state index in [1.54, 1.807) is 14.0 Å². The summed E-state index contributed by atoms with van der Waals surface area (Å²) in [5.74, 6) is -1.85. The molecule has 1 rings (SSSR count). The molecule has 1 atom stereocenters. The number of rotatable bonds is 8. The van der Waals surface area contributed by atoms with Gasteiger partial charge in [-0.2, -0.15) is 0 Å². The molecule has 21 heavy (non-hydrogen) atoms. The van der Waals surface area contributed by atoms with Crippen LogP contribution in [-0.2, 0) is 14.4 Å². The fourth-order valence-electron chi connectivity index (χ4n) is 1.93. The maximum absolute atomic E-state index is 11.6. The Balaban J connectivity index is 2.18. The molecule has 0 aromatic carbocycles. The first-order valence-electron chi connectivity index (χ1n) is 6.88. The van der Waals surface area contributed by atoms with Crippen LogP contribution >= 0.6 is 0 Å². The second kappa shape index (κ2) is 7.61. The van der Waals surface area contributed by atoms with Gasteiger partial charge in [-0.3, -0.25) is 19.3 Å². The van der Waals surface area contributed by atoms with E-state index in [9.17, 15) is 19.2 Å². The quantitative estimate of drug-likeness (QED) is 0.608. The molecule has 4 amide bonds. The van der Waals surface area contributed by atoms with E-state index in [-0.39, 0.29) is 37.4 Å². The molecule has 0 aromatic heterocycles. The number of carboxylic acid groups (broad SMARTS) is 1. The van der Waals surface area contributed by atoms with Gasteiger partial charge in [0.1, 0.15) is 6.54 Å². The first kappa shape index (κ1) is 16.9. The predicted molar refractivity (Wildman–Crippen MR) is 73.4 cm³/mol. The van der Waals surface area contributed by atoms with Gasteiger partial charge in [0.2, 0.25) is 11.8 Å². The van der Waals surface area contributed by atoms with Gasteiger partial charge in [-0.25, -0.2) is 4.79 Å². The molecule has 8 nitrogen and oxygen atoms in total. The number of likely N-dealkylation sites (N-methyl/N-ethyl adjacent to an activating group) is 1. The summed E-state index contributed by atoms with van der Waals surface area (Å²) in [4.78, 5) is 47.7. The number of nitrogens with one attached hydrogen (secondary N) is 1. The topological polar surface area (TPSA) is 107 Å².